The van der Waals surface area contributed by atoms with Crippen molar-refractivity contribution >= 4 is 39.6 Å². The standard InChI is InChI=1S/C24H21BrFN3O4/c1-32-21-12-17(11-18(25)24(21)33-15-16-7-3-2-4-8-16)14-27-29-23(31)13-22(30)28-20-10-6-5-9-19(20)26/h2-12,14H,13,15H2,1H3,(H,28,30)(H,29,31). The van der Waals surface area contributed by atoms with Crippen LogP contribution in [0.25, 0.3) is 0 Å². The van der Waals surface area contributed by atoms with E-state index < -0.39 is 24.1 Å². The lowest BCUT2D eigenvalue weighted by molar-refractivity contribution is -0.126. The molecule has 0 bridgehead atoms. The third kappa shape index (κ3) is 7.15. The summed E-state index contributed by atoms with van der Waals surface area (Å²) in [6.07, 6.45) is 0.895. The number of halogens is 2. The molecule has 0 spiro atoms. The normalized spacial score (nSPS) is 10.6. The van der Waals surface area contributed by atoms with Crippen LogP contribution in [-0.2, 0) is 16.2 Å². The Morgan fingerprint density at radius 2 is 1.79 bits per heavy atom. The van der Waals surface area contributed by atoms with E-state index in [0.717, 1.165) is 5.56 Å². The number of amides is 2. The van der Waals surface area contributed by atoms with Crippen molar-refractivity contribution in [3.05, 3.63) is 88.1 Å². The maximum atomic E-state index is 13.6. The van der Waals surface area contributed by atoms with Crippen LogP contribution in [0.15, 0.2) is 76.3 Å². The van der Waals surface area contributed by atoms with Crippen molar-refractivity contribution in [2.24, 2.45) is 5.10 Å². The van der Waals surface area contributed by atoms with Crippen molar-refractivity contribution in [3.63, 3.8) is 0 Å². The van der Waals surface area contributed by atoms with E-state index in [1.54, 1.807) is 18.2 Å². The van der Waals surface area contributed by atoms with Gasteiger partial charge in [0.25, 0.3) is 0 Å². The fourth-order valence-electron chi connectivity index (χ4n) is 2.81. The number of carbonyl (C=O) groups is 2. The summed E-state index contributed by atoms with van der Waals surface area (Å²) in [5.41, 5.74) is 3.91. The lowest BCUT2D eigenvalue weighted by Gasteiger charge is -2.13. The maximum absolute atomic E-state index is 13.6. The molecular formula is C24H21BrFN3O4. The summed E-state index contributed by atoms with van der Waals surface area (Å²) in [5.74, 6) is -0.865. The van der Waals surface area contributed by atoms with Gasteiger partial charge in [-0.1, -0.05) is 42.5 Å². The molecule has 0 aliphatic rings. The molecule has 0 radical (unpaired) electrons. The van der Waals surface area contributed by atoms with E-state index in [4.69, 9.17) is 9.47 Å². The SMILES string of the molecule is COc1cc(C=NNC(=O)CC(=O)Nc2ccccc2F)cc(Br)c1OCc1ccccc1. The number of rotatable bonds is 9. The summed E-state index contributed by atoms with van der Waals surface area (Å²) in [6, 6.07) is 18.9. The lowest BCUT2D eigenvalue weighted by atomic mass is 10.2. The number of hydrogen-bond donors (Lipinski definition) is 2. The molecule has 33 heavy (non-hydrogen) atoms. The highest BCUT2D eigenvalue weighted by Crippen LogP contribution is 2.36. The molecule has 0 fully saturated rings. The molecule has 0 aliphatic carbocycles. The molecule has 0 aliphatic heterocycles. The molecule has 0 atom stereocenters. The van der Waals surface area contributed by atoms with Crippen LogP contribution in [0.4, 0.5) is 10.1 Å². The molecule has 2 N–H and O–H groups in total. The molecular weight excluding hydrogens is 493 g/mol. The van der Waals surface area contributed by atoms with Gasteiger partial charge >= 0.3 is 0 Å². The van der Waals surface area contributed by atoms with Crippen LogP contribution >= 0.6 is 15.9 Å². The molecule has 2 amide bonds. The Morgan fingerprint density at radius 3 is 2.52 bits per heavy atom. The van der Waals surface area contributed by atoms with Crippen molar-refractivity contribution in [1.29, 1.82) is 0 Å². The van der Waals surface area contributed by atoms with Crippen LogP contribution in [0.1, 0.15) is 17.5 Å². The number of carbonyl (C=O) groups excluding carboxylic acids is 2. The van der Waals surface area contributed by atoms with Gasteiger partial charge in [0, 0.05) is 0 Å². The highest BCUT2D eigenvalue weighted by molar-refractivity contribution is 9.10. The van der Waals surface area contributed by atoms with Gasteiger partial charge in [-0.25, -0.2) is 9.82 Å². The van der Waals surface area contributed by atoms with Crippen LogP contribution in [0.5, 0.6) is 11.5 Å². The quantitative estimate of drug-likeness (QED) is 0.247. The summed E-state index contributed by atoms with van der Waals surface area (Å²) in [6.45, 7) is 0.369. The topological polar surface area (TPSA) is 89.0 Å². The van der Waals surface area contributed by atoms with Crippen LogP contribution in [0.2, 0.25) is 0 Å². The Balaban J connectivity index is 1.56. The third-order valence-electron chi connectivity index (χ3n) is 4.35. The average Bonchev–Trinajstić information content (AvgIpc) is 2.80. The minimum atomic E-state index is -0.655. The van der Waals surface area contributed by atoms with Gasteiger partial charge in [0.1, 0.15) is 18.8 Å². The largest absolute Gasteiger partial charge is 0.493 e. The fourth-order valence-corrected chi connectivity index (χ4v) is 3.38. The van der Waals surface area contributed by atoms with Crippen molar-refractivity contribution in [1.82, 2.24) is 5.43 Å². The first-order valence-electron chi connectivity index (χ1n) is 9.87. The van der Waals surface area contributed by atoms with Gasteiger partial charge in [0.05, 0.1) is 23.5 Å². The van der Waals surface area contributed by atoms with E-state index in [1.807, 2.05) is 30.3 Å². The Labute approximate surface area is 198 Å². The molecule has 7 nitrogen and oxygen atoms in total. The highest BCUT2D eigenvalue weighted by Gasteiger charge is 2.13. The Hall–Kier alpha value is -3.72. The molecule has 9 heteroatoms. The number of para-hydroxylation sites is 1. The zero-order valence-electron chi connectivity index (χ0n) is 17.7. The van der Waals surface area contributed by atoms with Gasteiger partial charge in [-0.2, -0.15) is 5.10 Å². The number of anilines is 1. The summed E-state index contributed by atoms with van der Waals surface area (Å²) in [5, 5.41) is 6.20. The first kappa shape index (κ1) is 23.9. The predicted molar refractivity (Wildman–Crippen MR) is 127 cm³/mol. The number of ether oxygens (including phenoxy) is 2. The minimum Gasteiger partial charge on any atom is -0.493 e. The van der Waals surface area contributed by atoms with E-state index in [0.29, 0.717) is 28.1 Å². The minimum absolute atomic E-state index is 0.00493. The fraction of sp³-hybridized carbons (Fsp3) is 0.125. The predicted octanol–water partition coefficient (Wildman–Crippen LogP) is 4.65. The summed E-state index contributed by atoms with van der Waals surface area (Å²) in [7, 11) is 1.52. The summed E-state index contributed by atoms with van der Waals surface area (Å²) in [4.78, 5) is 23.9. The first-order chi connectivity index (χ1) is 16.0. The van der Waals surface area contributed by atoms with Crippen LogP contribution in [0.3, 0.4) is 0 Å². The molecule has 0 unspecified atom stereocenters. The van der Waals surface area contributed by atoms with Gasteiger partial charge in [-0.3, -0.25) is 9.59 Å². The summed E-state index contributed by atoms with van der Waals surface area (Å²) >= 11 is 3.47. The van der Waals surface area contributed by atoms with Crippen molar-refractivity contribution in [2.45, 2.75) is 13.0 Å². The van der Waals surface area contributed by atoms with E-state index in [2.05, 4.69) is 31.8 Å². The average molecular weight is 514 g/mol. The molecule has 3 aromatic rings. The second-order valence-corrected chi connectivity index (χ2v) is 7.66. The maximum Gasteiger partial charge on any atom is 0.249 e. The molecule has 0 saturated carbocycles. The lowest BCUT2D eigenvalue weighted by Crippen LogP contribution is -2.24. The zero-order chi connectivity index (χ0) is 23.6. The zero-order valence-corrected chi connectivity index (χ0v) is 19.3. The van der Waals surface area contributed by atoms with Crippen LogP contribution in [-0.4, -0.2) is 25.1 Å². The summed E-state index contributed by atoms with van der Waals surface area (Å²) < 4.78 is 25.5. The number of nitrogens with one attached hydrogen (secondary N) is 2. The second-order valence-electron chi connectivity index (χ2n) is 6.81. The monoisotopic (exact) mass is 513 g/mol. The number of benzene rings is 3. The van der Waals surface area contributed by atoms with Crippen molar-refractivity contribution in [3.8, 4) is 11.5 Å². The first-order valence-corrected chi connectivity index (χ1v) is 10.7. The third-order valence-corrected chi connectivity index (χ3v) is 4.94. The number of methoxy groups -OCH3 is 1. The van der Waals surface area contributed by atoms with E-state index >= 15 is 0 Å². The van der Waals surface area contributed by atoms with E-state index in [9.17, 15) is 14.0 Å². The van der Waals surface area contributed by atoms with Gasteiger partial charge in [-0.05, 0) is 51.3 Å². The second kappa shape index (κ2) is 11.8. The molecule has 0 heterocycles. The molecule has 0 saturated heterocycles. The highest BCUT2D eigenvalue weighted by atomic mass is 79.9. The Morgan fingerprint density at radius 1 is 1.06 bits per heavy atom. The number of hydrogen-bond acceptors (Lipinski definition) is 5. The Bertz CT molecular complexity index is 1160. The van der Waals surface area contributed by atoms with Crippen molar-refractivity contribution in [2.75, 3.05) is 12.4 Å². The van der Waals surface area contributed by atoms with Crippen LogP contribution in [0, 0.1) is 5.82 Å². The van der Waals surface area contributed by atoms with Gasteiger partial charge in [-0.15, -0.1) is 0 Å². The smallest absolute Gasteiger partial charge is 0.249 e. The van der Waals surface area contributed by atoms with Crippen molar-refractivity contribution < 1.29 is 23.5 Å². The Kier molecular flexibility index (Phi) is 8.54. The van der Waals surface area contributed by atoms with Gasteiger partial charge in [0.2, 0.25) is 11.8 Å². The molecule has 170 valence electrons. The number of nitrogens with zero attached hydrogens (tertiary/aromatic N) is 1. The van der Waals surface area contributed by atoms with Gasteiger partial charge in [0.15, 0.2) is 11.5 Å². The molecule has 0 aromatic heterocycles. The molecule has 3 rings (SSSR count). The van der Waals surface area contributed by atoms with E-state index in [-0.39, 0.29) is 5.69 Å². The van der Waals surface area contributed by atoms with E-state index in [1.165, 1.54) is 31.5 Å². The molecule has 3 aromatic carbocycles. The van der Waals surface area contributed by atoms with Crippen LogP contribution < -0.4 is 20.2 Å². The number of hydrazone groups is 1. The van der Waals surface area contributed by atoms with Gasteiger partial charge < -0.3 is 14.8 Å².